The van der Waals surface area contributed by atoms with Crippen LogP contribution in [0.15, 0.2) is 0 Å². The third kappa shape index (κ3) is 0.286. The van der Waals surface area contributed by atoms with E-state index in [-0.39, 0.29) is 0 Å². The second-order valence-corrected chi connectivity index (χ2v) is 5.05. The summed E-state index contributed by atoms with van der Waals surface area (Å²) in [4.78, 5) is 0. The molecule has 0 bridgehead atoms. The van der Waals surface area contributed by atoms with Gasteiger partial charge in [-0.05, 0) is 61.2 Å². The van der Waals surface area contributed by atoms with Crippen LogP contribution < -0.4 is 0 Å². The van der Waals surface area contributed by atoms with Crippen molar-refractivity contribution < 1.29 is 0 Å². The van der Waals surface area contributed by atoms with E-state index in [1.54, 1.807) is 25.7 Å². The van der Waals surface area contributed by atoms with Crippen molar-refractivity contribution in [2.24, 2.45) is 35.5 Å². The second kappa shape index (κ2) is 1.19. The number of hydrogen-bond donors (Lipinski definition) is 0. The Balaban J connectivity index is 1.86. The first kappa shape index (κ1) is 4.79. The highest BCUT2D eigenvalue weighted by atomic mass is 14.7. The summed E-state index contributed by atoms with van der Waals surface area (Å²) in [5.74, 6) is 7.49. The molecule has 0 spiro atoms. The molecule has 0 aromatic heterocycles. The van der Waals surface area contributed by atoms with Crippen molar-refractivity contribution in [1.29, 1.82) is 0 Å². The van der Waals surface area contributed by atoms with Crippen LogP contribution >= 0.6 is 0 Å². The summed E-state index contributed by atoms with van der Waals surface area (Å²) in [6, 6.07) is 0. The van der Waals surface area contributed by atoms with Gasteiger partial charge in [-0.1, -0.05) is 0 Å². The Morgan fingerprint density at radius 2 is 1.60 bits per heavy atom. The molecule has 0 radical (unpaired) electrons. The SMILES string of the molecule is C1CC2C3CC4CC1C2C43. The topological polar surface area (TPSA) is 0 Å². The normalized spacial score (nSPS) is 74.4. The fourth-order valence-corrected chi connectivity index (χ4v) is 4.89. The molecule has 0 heteroatoms. The minimum atomic E-state index is 1.22. The van der Waals surface area contributed by atoms with Crippen LogP contribution in [0.5, 0.6) is 0 Å². The smallest absolute Gasteiger partial charge is 0.0321 e. The highest BCUT2D eigenvalue weighted by molar-refractivity contribution is 5.16. The fourth-order valence-electron chi connectivity index (χ4n) is 4.89. The van der Waals surface area contributed by atoms with Gasteiger partial charge in [-0.3, -0.25) is 0 Å². The van der Waals surface area contributed by atoms with Crippen LogP contribution in [0.1, 0.15) is 25.7 Å². The highest BCUT2D eigenvalue weighted by Gasteiger charge is 2.68. The average Bonchev–Trinajstić information content (AvgIpc) is 2.11. The van der Waals surface area contributed by atoms with Gasteiger partial charge in [-0.2, -0.15) is 0 Å². The molecule has 0 N–H and O–H groups in total. The third-order valence-electron chi connectivity index (χ3n) is 5.12. The Bertz CT molecular complexity index is 183. The average molecular weight is 134 g/mol. The van der Waals surface area contributed by atoms with E-state index in [9.17, 15) is 0 Å². The summed E-state index contributed by atoms with van der Waals surface area (Å²) in [5, 5.41) is 0. The van der Waals surface area contributed by atoms with Gasteiger partial charge in [-0.15, -0.1) is 0 Å². The lowest BCUT2D eigenvalue weighted by molar-refractivity contribution is -0.102. The van der Waals surface area contributed by atoms with Crippen LogP contribution in [0.2, 0.25) is 0 Å². The lowest BCUT2D eigenvalue weighted by atomic mass is 9.47. The molecular weight excluding hydrogens is 120 g/mol. The molecule has 4 rings (SSSR count). The van der Waals surface area contributed by atoms with E-state index in [4.69, 9.17) is 0 Å². The van der Waals surface area contributed by atoms with Gasteiger partial charge in [0.05, 0.1) is 0 Å². The zero-order valence-electron chi connectivity index (χ0n) is 6.29. The van der Waals surface area contributed by atoms with Crippen molar-refractivity contribution in [3.8, 4) is 0 Å². The van der Waals surface area contributed by atoms with E-state index < -0.39 is 0 Å². The van der Waals surface area contributed by atoms with Crippen molar-refractivity contribution in [2.45, 2.75) is 25.7 Å². The van der Waals surface area contributed by atoms with Crippen molar-refractivity contribution in [1.82, 2.24) is 0 Å². The van der Waals surface area contributed by atoms with E-state index in [0.29, 0.717) is 0 Å². The third-order valence-corrected chi connectivity index (χ3v) is 5.12. The first-order valence-electron chi connectivity index (χ1n) is 4.95. The van der Waals surface area contributed by atoms with E-state index in [0.717, 1.165) is 0 Å². The zero-order chi connectivity index (χ0) is 6.29. The van der Waals surface area contributed by atoms with Crippen molar-refractivity contribution in [2.75, 3.05) is 0 Å². The van der Waals surface area contributed by atoms with Crippen molar-refractivity contribution >= 4 is 0 Å². The van der Waals surface area contributed by atoms with Gasteiger partial charge in [0.1, 0.15) is 0 Å². The van der Waals surface area contributed by atoms with Crippen LogP contribution in [0.3, 0.4) is 0 Å². The second-order valence-electron chi connectivity index (χ2n) is 5.05. The van der Waals surface area contributed by atoms with Crippen LogP contribution in [0.25, 0.3) is 0 Å². The molecule has 4 fully saturated rings. The number of fused-ring (bicyclic) bond motifs is 1. The van der Waals surface area contributed by atoms with Gasteiger partial charge in [0.25, 0.3) is 0 Å². The number of hydrogen-bond acceptors (Lipinski definition) is 0. The molecule has 6 unspecified atom stereocenters. The Hall–Kier alpha value is 0. The predicted octanol–water partition coefficient (Wildman–Crippen LogP) is 2.30. The molecule has 10 heavy (non-hydrogen) atoms. The first-order chi connectivity index (χ1) is 4.95. The molecule has 0 saturated heterocycles. The quantitative estimate of drug-likeness (QED) is 0.477. The van der Waals surface area contributed by atoms with Gasteiger partial charge in [-0.25, -0.2) is 0 Å². The molecule has 6 atom stereocenters. The van der Waals surface area contributed by atoms with E-state index in [1.165, 1.54) is 35.5 Å². The van der Waals surface area contributed by atoms with Crippen molar-refractivity contribution in [3.05, 3.63) is 0 Å². The van der Waals surface area contributed by atoms with Crippen molar-refractivity contribution in [3.63, 3.8) is 0 Å². The lowest BCUT2D eigenvalue weighted by Crippen LogP contribution is -2.53. The van der Waals surface area contributed by atoms with Gasteiger partial charge >= 0.3 is 0 Å². The monoisotopic (exact) mass is 134 g/mol. The molecule has 4 aliphatic carbocycles. The first-order valence-corrected chi connectivity index (χ1v) is 4.95. The summed E-state index contributed by atoms with van der Waals surface area (Å²) in [5.41, 5.74) is 0. The van der Waals surface area contributed by atoms with Gasteiger partial charge in [0.15, 0.2) is 0 Å². The molecule has 0 aromatic rings. The molecule has 4 saturated carbocycles. The summed E-state index contributed by atoms with van der Waals surface area (Å²) in [6.07, 6.45) is 6.51. The molecule has 0 aromatic carbocycles. The van der Waals surface area contributed by atoms with Crippen LogP contribution in [0, 0.1) is 35.5 Å². The van der Waals surface area contributed by atoms with E-state index in [2.05, 4.69) is 0 Å². The van der Waals surface area contributed by atoms with Gasteiger partial charge < -0.3 is 0 Å². The van der Waals surface area contributed by atoms with Crippen LogP contribution in [-0.4, -0.2) is 0 Å². The largest absolute Gasteiger partial charge is 0.0499 e. The van der Waals surface area contributed by atoms with E-state index in [1.807, 2.05) is 0 Å². The minimum Gasteiger partial charge on any atom is -0.0499 e. The summed E-state index contributed by atoms with van der Waals surface area (Å²) in [7, 11) is 0. The molecule has 0 nitrogen and oxygen atoms in total. The Labute approximate surface area is 62.0 Å². The summed E-state index contributed by atoms with van der Waals surface area (Å²) in [6.45, 7) is 0. The molecule has 0 aliphatic heterocycles. The van der Waals surface area contributed by atoms with Crippen LogP contribution in [-0.2, 0) is 0 Å². The summed E-state index contributed by atoms with van der Waals surface area (Å²) >= 11 is 0. The maximum absolute atomic E-state index is 1.64. The standard InChI is InChI=1S/C10H14/c1-2-7-8-4-6-3-5(1)9(7)10(6)8/h5-10H,1-4H2. The zero-order valence-corrected chi connectivity index (χ0v) is 6.29. The van der Waals surface area contributed by atoms with Gasteiger partial charge in [0, 0.05) is 0 Å². The maximum Gasteiger partial charge on any atom is -0.0321 e. The maximum atomic E-state index is 1.64. The Morgan fingerprint density at radius 3 is 2.60 bits per heavy atom. The molecule has 0 heterocycles. The Morgan fingerprint density at radius 1 is 0.700 bits per heavy atom. The lowest BCUT2D eigenvalue weighted by Gasteiger charge is -2.58. The van der Waals surface area contributed by atoms with Gasteiger partial charge in [0.2, 0.25) is 0 Å². The predicted molar refractivity (Wildman–Crippen MR) is 39.4 cm³/mol. The van der Waals surface area contributed by atoms with Crippen LogP contribution in [0.4, 0.5) is 0 Å². The molecule has 54 valence electrons. The number of rotatable bonds is 0. The summed E-state index contributed by atoms with van der Waals surface area (Å²) < 4.78 is 0. The fraction of sp³-hybridized carbons (Fsp3) is 1.00. The molecular formula is C10H14. The molecule has 4 aliphatic rings. The highest BCUT2D eigenvalue weighted by Crippen LogP contribution is 2.75. The van der Waals surface area contributed by atoms with E-state index >= 15 is 0 Å². The Kier molecular flexibility index (Phi) is 0.570. The minimum absolute atomic E-state index is 1.22. The molecule has 0 amide bonds.